The van der Waals surface area contributed by atoms with E-state index in [1.807, 2.05) is 6.07 Å². The van der Waals surface area contributed by atoms with Gasteiger partial charge >= 0.3 is 0 Å². The Morgan fingerprint density at radius 2 is 2.08 bits per heavy atom. The van der Waals surface area contributed by atoms with Crippen LogP contribution in [0.4, 0.5) is 8.78 Å². The number of rotatable bonds is 1. The second kappa shape index (κ2) is 3.42. The zero-order chi connectivity index (χ0) is 9.26. The summed E-state index contributed by atoms with van der Waals surface area (Å²) in [5.41, 5.74) is 2.34. The average molecular weight is 183 g/mol. The normalized spacial score (nSPS) is 15.9. The van der Waals surface area contributed by atoms with Gasteiger partial charge in [-0.05, 0) is 30.2 Å². The van der Waals surface area contributed by atoms with Gasteiger partial charge in [0.2, 0.25) is 0 Å². The zero-order valence-corrected chi connectivity index (χ0v) is 7.19. The largest absolute Gasteiger partial charge is 0.312 e. The van der Waals surface area contributed by atoms with E-state index in [0.29, 0.717) is 0 Å². The van der Waals surface area contributed by atoms with Crippen molar-refractivity contribution in [3.8, 4) is 0 Å². The molecule has 0 atom stereocenters. The van der Waals surface area contributed by atoms with Crippen LogP contribution in [0.1, 0.15) is 23.1 Å². The van der Waals surface area contributed by atoms with Crippen LogP contribution < -0.4 is 5.32 Å². The molecule has 0 radical (unpaired) electrons. The molecular weight excluding hydrogens is 172 g/mol. The lowest BCUT2D eigenvalue weighted by Crippen LogP contribution is -2.23. The first-order valence-electron chi connectivity index (χ1n) is 4.38. The highest BCUT2D eigenvalue weighted by Crippen LogP contribution is 2.23. The quantitative estimate of drug-likeness (QED) is 0.704. The van der Waals surface area contributed by atoms with Crippen LogP contribution in [0.2, 0.25) is 0 Å². The molecular formula is C10H11F2N. The maximum Gasteiger partial charge on any atom is 0.263 e. The Bertz CT molecular complexity index is 310. The highest BCUT2D eigenvalue weighted by Gasteiger charge is 2.12. The highest BCUT2D eigenvalue weighted by molar-refractivity contribution is 5.34. The van der Waals surface area contributed by atoms with Crippen LogP contribution in [0, 0.1) is 0 Å². The van der Waals surface area contributed by atoms with Crippen molar-refractivity contribution in [2.45, 2.75) is 19.4 Å². The Balaban J connectivity index is 2.35. The van der Waals surface area contributed by atoms with Gasteiger partial charge in [-0.2, -0.15) is 0 Å². The summed E-state index contributed by atoms with van der Waals surface area (Å²) >= 11 is 0. The van der Waals surface area contributed by atoms with Crippen molar-refractivity contribution in [3.63, 3.8) is 0 Å². The van der Waals surface area contributed by atoms with Crippen LogP contribution in [0.25, 0.3) is 0 Å². The molecule has 0 amide bonds. The molecule has 1 nitrogen and oxygen atoms in total. The molecule has 1 heterocycles. The van der Waals surface area contributed by atoms with Gasteiger partial charge in [0.1, 0.15) is 0 Å². The molecule has 1 aromatic carbocycles. The molecule has 3 heteroatoms. The highest BCUT2D eigenvalue weighted by atomic mass is 19.3. The van der Waals surface area contributed by atoms with Crippen molar-refractivity contribution in [2.24, 2.45) is 0 Å². The van der Waals surface area contributed by atoms with Gasteiger partial charge in [-0.1, -0.05) is 12.1 Å². The summed E-state index contributed by atoms with van der Waals surface area (Å²) in [6, 6.07) is 4.94. The monoisotopic (exact) mass is 183 g/mol. The Labute approximate surface area is 75.8 Å². The predicted molar refractivity (Wildman–Crippen MR) is 46.8 cm³/mol. The van der Waals surface area contributed by atoms with Crippen LogP contribution in [-0.2, 0) is 13.0 Å². The van der Waals surface area contributed by atoms with Crippen molar-refractivity contribution >= 4 is 0 Å². The number of nitrogens with one attached hydrogen (secondary N) is 1. The maximum atomic E-state index is 12.3. The summed E-state index contributed by atoms with van der Waals surface area (Å²) < 4.78 is 24.6. The van der Waals surface area contributed by atoms with Crippen LogP contribution >= 0.6 is 0 Å². The molecule has 0 spiro atoms. The third-order valence-corrected chi connectivity index (χ3v) is 2.37. The molecule has 13 heavy (non-hydrogen) atoms. The molecule has 0 aromatic heterocycles. The van der Waals surface area contributed by atoms with E-state index in [0.717, 1.165) is 25.1 Å². The summed E-state index contributed by atoms with van der Waals surface area (Å²) in [4.78, 5) is 0. The molecule has 0 bridgehead atoms. The molecule has 1 N–H and O–H groups in total. The molecule has 1 aromatic rings. The smallest absolute Gasteiger partial charge is 0.263 e. The van der Waals surface area contributed by atoms with Crippen LogP contribution in [0.3, 0.4) is 0 Å². The van der Waals surface area contributed by atoms with Crippen LogP contribution in [0.15, 0.2) is 18.2 Å². The number of hydrogen-bond donors (Lipinski definition) is 1. The second-order valence-corrected chi connectivity index (χ2v) is 3.26. The molecule has 0 saturated heterocycles. The lowest BCUT2D eigenvalue weighted by atomic mass is 9.99. The van der Waals surface area contributed by atoms with Gasteiger partial charge in [0.15, 0.2) is 0 Å². The molecule has 1 aliphatic heterocycles. The second-order valence-electron chi connectivity index (χ2n) is 3.26. The summed E-state index contributed by atoms with van der Waals surface area (Å²) in [7, 11) is 0. The Kier molecular flexibility index (Phi) is 2.27. The number of alkyl halides is 2. The molecule has 0 saturated carbocycles. The predicted octanol–water partition coefficient (Wildman–Crippen LogP) is 2.27. The van der Waals surface area contributed by atoms with Crippen molar-refractivity contribution in [1.82, 2.24) is 5.32 Å². The van der Waals surface area contributed by atoms with Gasteiger partial charge in [0.05, 0.1) is 0 Å². The van der Waals surface area contributed by atoms with Crippen LogP contribution in [0.5, 0.6) is 0 Å². The van der Waals surface area contributed by atoms with E-state index in [9.17, 15) is 8.78 Å². The molecule has 0 aliphatic carbocycles. The minimum Gasteiger partial charge on any atom is -0.312 e. The fourth-order valence-corrected chi connectivity index (χ4v) is 1.64. The van der Waals surface area contributed by atoms with Crippen molar-refractivity contribution < 1.29 is 8.78 Å². The maximum absolute atomic E-state index is 12.3. The van der Waals surface area contributed by atoms with Crippen LogP contribution in [-0.4, -0.2) is 6.54 Å². The van der Waals surface area contributed by atoms with Crippen molar-refractivity contribution in [1.29, 1.82) is 0 Å². The number of halogens is 2. The van der Waals surface area contributed by atoms with E-state index in [4.69, 9.17) is 0 Å². The number of benzene rings is 1. The van der Waals surface area contributed by atoms with Gasteiger partial charge in [0, 0.05) is 12.1 Å². The first kappa shape index (κ1) is 8.63. The fourth-order valence-electron chi connectivity index (χ4n) is 1.64. The average Bonchev–Trinajstić information content (AvgIpc) is 2.17. The number of fused-ring (bicyclic) bond motifs is 1. The van der Waals surface area contributed by atoms with E-state index >= 15 is 0 Å². The van der Waals surface area contributed by atoms with Crippen molar-refractivity contribution in [2.75, 3.05) is 6.54 Å². The minimum atomic E-state index is -2.35. The Morgan fingerprint density at radius 1 is 1.23 bits per heavy atom. The lowest BCUT2D eigenvalue weighted by Gasteiger charge is -2.17. The molecule has 0 unspecified atom stereocenters. The van der Waals surface area contributed by atoms with E-state index in [1.165, 1.54) is 11.6 Å². The Morgan fingerprint density at radius 3 is 2.85 bits per heavy atom. The molecule has 1 aliphatic rings. The third kappa shape index (κ3) is 1.70. The standard InChI is InChI=1S/C10H11F2N/c11-10(12)8-2-1-7-3-4-13-6-9(7)5-8/h1-2,5,10,13H,3-4,6H2. The van der Waals surface area contributed by atoms with Crippen molar-refractivity contribution in [3.05, 3.63) is 34.9 Å². The van der Waals surface area contributed by atoms with E-state index in [1.54, 1.807) is 6.07 Å². The molecule has 2 rings (SSSR count). The minimum absolute atomic E-state index is 0.127. The summed E-state index contributed by atoms with van der Waals surface area (Å²) in [5, 5.41) is 3.16. The molecule has 0 fully saturated rings. The summed E-state index contributed by atoms with van der Waals surface area (Å²) in [6.45, 7) is 1.66. The van der Waals surface area contributed by atoms with Gasteiger partial charge in [-0.25, -0.2) is 8.78 Å². The summed E-state index contributed by atoms with van der Waals surface area (Å²) in [5.74, 6) is 0. The van der Waals surface area contributed by atoms with Gasteiger partial charge in [0.25, 0.3) is 6.43 Å². The zero-order valence-electron chi connectivity index (χ0n) is 7.19. The van der Waals surface area contributed by atoms with Gasteiger partial charge in [-0.3, -0.25) is 0 Å². The van der Waals surface area contributed by atoms with Gasteiger partial charge in [-0.15, -0.1) is 0 Å². The van der Waals surface area contributed by atoms with E-state index in [2.05, 4.69) is 5.32 Å². The summed E-state index contributed by atoms with van der Waals surface area (Å²) in [6.07, 6.45) is -1.41. The van der Waals surface area contributed by atoms with E-state index < -0.39 is 6.43 Å². The van der Waals surface area contributed by atoms with Gasteiger partial charge < -0.3 is 5.32 Å². The third-order valence-electron chi connectivity index (χ3n) is 2.37. The number of hydrogen-bond acceptors (Lipinski definition) is 1. The lowest BCUT2D eigenvalue weighted by molar-refractivity contribution is 0.151. The first-order valence-corrected chi connectivity index (χ1v) is 4.38. The Hall–Kier alpha value is -0.960. The topological polar surface area (TPSA) is 12.0 Å². The fraction of sp³-hybridized carbons (Fsp3) is 0.400. The molecule has 70 valence electrons. The SMILES string of the molecule is FC(F)c1ccc2c(c1)CNCC2. The first-order chi connectivity index (χ1) is 6.27. The van der Waals surface area contributed by atoms with E-state index in [-0.39, 0.29) is 5.56 Å².